The van der Waals surface area contributed by atoms with Crippen molar-refractivity contribution in [2.24, 2.45) is 11.3 Å². The topological polar surface area (TPSA) is 113 Å². The summed E-state index contributed by atoms with van der Waals surface area (Å²) in [5.74, 6) is 4.58. The number of rotatable bonds is 6. The molecule has 1 saturated carbocycles. The molecule has 0 bridgehead atoms. The number of nitrogens with two attached hydrogens (primary N) is 1. The van der Waals surface area contributed by atoms with Crippen molar-refractivity contribution in [3.63, 3.8) is 0 Å². The average molecular weight is 544 g/mol. The number of hydrogen-bond donors (Lipinski definition) is 3. The predicted octanol–water partition coefficient (Wildman–Crippen LogP) is 5.81. The lowest BCUT2D eigenvalue weighted by molar-refractivity contribution is -0.124. The Balaban J connectivity index is 2.02. The molecule has 1 aromatic carbocycles. The summed E-state index contributed by atoms with van der Waals surface area (Å²) in [5.41, 5.74) is 6.68. The Morgan fingerprint density at radius 1 is 1.16 bits per heavy atom. The van der Waals surface area contributed by atoms with Crippen LogP contribution in [0.1, 0.15) is 85.2 Å². The Morgan fingerprint density at radius 2 is 1.81 bits per heavy atom. The highest BCUT2D eigenvalue weighted by molar-refractivity contribution is 7.15. The van der Waals surface area contributed by atoms with Crippen LogP contribution in [0.2, 0.25) is 5.02 Å². The van der Waals surface area contributed by atoms with Crippen molar-refractivity contribution in [1.82, 2.24) is 5.32 Å². The number of thiophene rings is 1. The molecule has 2 amide bonds. The maximum atomic E-state index is 13.9. The van der Waals surface area contributed by atoms with Gasteiger partial charge in [-0.25, -0.2) is 4.79 Å². The fourth-order valence-electron chi connectivity index (χ4n) is 4.20. The van der Waals surface area contributed by atoms with Crippen LogP contribution in [0, 0.1) is 23.2 Å². The second kappa shape index (κ2) is 11.6. The maximum Gasteiger partial charge on any atom is 0.348 e. The lowest BCUT2D eigenvalue weighted by Gasteiger charge is -2.37. The van der Waals surface area contributed by atoms with E-state index in [0.29, 0.717) is 41.3 Å². The Kier molecular flexibility index (Phi) is 8.93. The van der Waals surface area contributed by atoms with E-state index in [0.717, 1.165) is 11.3 Å². The minimum atomic E-state index is -1.12. The molecule has 1 aliphatic rings. The summed E-state index contributed by atoms with van der Waals surface area (Å²) >= 11 is 7.11. The molecule has 1 aromatic heterocycles. The first-order valence-electron chi connectivity index (χ1n) is 12.4. The van der Waals surface area contributed by atoms with Crippen LogP contribution in [-0.2, 0) is 4.79 Å². The van der Waals surface area contributed by atoms with Gasteiger partial charge >= 0.3 is 5.97 Å². The van der Waals surface area contributed by atoms with Crippen molar-refractivity contribution >= 4 is 52.1 Å². The Hall–Kier alpha value is -3.02. The summed E-state index contributed by atoms with van der Waals surface area (Å²) in [5, 5.41) is 13.5. The Labute approximate surface area is 227 Å². The van der Waals surface area contributed by atoms with E-state index in [4.69, 9.17) is 17.3 Å². The summed E-state index contributed by atoms with van der Waals surface area (Å²) in [6.07, 6.45) is 2.54. The number of carboxylic acids is 1. The van der Waals surface area contributed by atoms with Crippen molar-refractivity contribution < 1.29 is 19.5 Å². The second-order valence-electron chi connectivity index (χ2n) is 10.7. The van der Waals surface area contributed by atoms with Gasteiger partial charge in [0.2, 0.25) is 5.91 Å². The Morgan fingerprint density at radius 3 is 2.35 bits per heavy atom. The lowest BCUT2D eigenvalue weighted by atomic mass is 9.89. The normalized spacial score (nSPS) is 17.6. The second-order valence-corrected chi connectivity index (χ2v) is 12.2. The molecule has 4 N–H and O–H groups in total. The number of amides is 2. The SMILES string of the molecule is CC(C)C(=O)N[C@H]1CC[C@H](N(C(=O)c2ccc(Cl)cc2N)c2cc(C#CC(C)(C)C)sc2C(=O)O)CC1. The van der Waals surface area contributed by atoms with E-state index >= 15 is 0 Å². The largest absolute Gasteiger partial charge is 0.477 e. The van der Waals surface area contributed by atoms with Gasteiger partial charge in [0.1, 0.15) is 4.88 Å². The highest BCUT2D eigenvalue weighted by Gasteiger charge is 2.35. The molecule has 0 unspecified atom stereocenters. The van der Waals surface area contributed by atoms with Crippen LogP contribution in [0.4, 0.5) is 11.4 Å². The standard InChI is InChI=1S/C28H34ClN3O4S/c1-16(2)25(33)31-18-7-9-19(10-8-18)32(26(34)21-11-6-17(29)14-22(21)30)23-15-20(12-13-28(3,4)5)37-24(23)27(35)36/h6,11,14-16,18-19H,7-10,30H2,1-5H3,(H,31,33)(H,35,36)/t18-,19-. The van der Waals surface area contributed by atoms with E-state index in [1.54, 1.807) is 23.1 Å². The number of hydrogen-bond acceptors (Lipinski definition) is 5. The molecular formula is C28H34ClN3O4S. The van der Waals surface area contributed by atoms with Crippen LogP contribution in [0.3, 0.4) is 0 Å². The molecule has 2 aromatic rings. The zero-order valence-corrected chi connectivity index (χ0v) is 23.4. The molecule has 37 heavy (non-hydrogen) atoms. The maximum absolute atomic E-state index is 13.9. The van der Waals surface area contributed by atoms with E-state index in [1.807, 2.05) is 34.6 Å². The molecule has 3 rings (SSSR count). The molecule has 0 saturated heterocycles. The number of carboxylic acid groups (broad SMARTS) is 1. The molecular weight excluding hydrogens is 510 g/mol. The summed E-state index contributed by atoms with van der Waals surface area (Å²) in [7, 11) is 0. The number of halogens is 1. The fourth-order valence-corrected chi connectivity index (χ4v) is 5.22. The van der Waals surface area contributed by atoms with Crippen LogP contribution in [0.5, 0.6) is 0 Å². The summed E-state index contributed by atoms with van der Waals surface area (Å²) in [6, 6.07) is 6.09. The average Bonchev–Trinajstić information content (AvgIpc) is 3.22. The van der Waals surface area contributed by atoms with Gasteiger partial charge in [-0.05, 0) is 70.7 Å². The number of anilines is 2. The molecule has 1 heterocycles. The monoisotopic (exact) mass is 543 g/mol. The first kappa shape index (κ1) is 28.5. The third-order valence-electron chi connectivity index (χ3n) is 6.12. The minimum Gasteiger partial charge on any atom is -0.477 e. The smallest absolute Gasteiger partial charge is 0.348 e. The van der Waals surface area contributed by atoms with E-state index in [9.17, 15) is 19.5 Å². The number of nitrogens with zero attached hydrogens (tertiary/aromatic N) is 1. The third-order valence-corrected chi connectivity index (χ3v) is 7.39. The number of nitrogen functional groups attached to an aromatic ring is 1. The van der Waals surface area contributed by atoms with Gasteiger partial charge in [0, 0.05) is 34.1 Å². The van der Waals surface area contributed by atoms with Gasteiger partial charge in [-0.15, -0.1) is 11.3 Å². The summed E-state index contributed by atoms with van der Waals surface area (Å²) in [6.45, 7) is 9.62. The van der Waals surface area contributed by atoms with E-state index in [-0.39, 0.29) is 51.4 Å². The zero-order valence-electron chi connectivity index (χ0n) is 21.9. The molecule has 0 aliphatic heterocycles. The van der Waals surface area contributed by atoms with Crippen LogP contribution in [0.15, 0.2) is 24.3 Å². The lowest BCUT2D eigenvalue weighted by Crippen LogP contribution is -2.47. The first-order valence-corrected chi connectivity index (χ1v) is 13.6. The molecule has 1 fully saturated rings. The highest BCUT2D eigenvalue weighted by atomic mass is 35.5. The van der Waals surface area contributed by atoms with Gasteiger partial charge in [-0.3, -0.25) is 9.59 Å². The van der Waals surface area contributed by atoms with Gasteiger partial charge < -0.3 is 21.1 Å². The quantitative estimate of drug-likeness (QED) is 0.314. The van der Waals surface area contributed by atoms with Crippen LogP contribution in [0.25, 0.3) is 0 Å². The zero-order chi connectivity index (χ0) is 27.5. The number of nitrogens with one attached hydrogen (secondary N) is 1. The molecule has 0 radical (unpaired) electrons. The van der Waals surface area contributed by atoms with Crippen LogP contribution < -0.4 is 16.0 Å². The molecule has 1 aliphatic carbocycles. The van der Waals surface area contributed by atoms with Crippen molar-refractivity contribution in [2.45, 2.75) is 72.4 Å². The van der Waals surface area contributed by atoms with Gasteiger partial charge in [-0.2, -0.15) is 0 Å². The molecule has 0 atom stereocenters. The number of carbonyl (C=O) groups is 3. The van der Waals surface area contributed by atoms with Crippen molar-refractivity contribution in [1.29, 1.82) is 0 Å². The molecule has 198 valence electrons. The van der Waals surface area contributed by atoms with E-state index in [2.05, 4.69) is 17.2 Å². The molecule has 7 nitrogen and oxygen atoms in total. The predicted molar refractivity (Wildman–Crippen MR) is 149 cm³/mol. The summed E-state index contributed by atoms with van der Waals surface area (Å²) < 4.78 is 0. The minimum absolute atomic E-state index is 0.00150. The van der Waals surface area contributed by atoms with Crippen molar-refractivity contribution in [2.75, 3.05) is 10.6 Å². The van der Waals surface area contributed by atoms with E-state index < -0.39 is 5.97 Å². The van der Waals surface area contributed by atoms with Gasteiger partial charge in [-0.1, -0.05) is 37.3 Å². The van der Waals surface area contributed by atoms with Crippen molar-refractivity contribution in [3.8, 4) is 11.8 Å². The first-order chi connectivity index (χ1) is 17.3. The number of benzene rings is 1. The van der Waals surface area contributed by atoms with Gasteiger partial charge in [0.15, 0.2) is 0 Å². The van der Waals surface area contributed by atoms with Crippen molar-refractivity contribution in [3.05, 3.63) is 44.6 Å². The molecule has 9 heteroatoms. The fraction of sp³-hybridized carbons (Fsp3) is 0.464. The summed E-state index contributed by atoms with van der Waals surface area (Å²) in [4.78, 5) is 40.6. The van der Waals surface area contributed by atoms with Gasteiger partial charge in [0.05, 0.1) is 16.1 Å². The molecule has 0 spiro atoms. The number of aromatic carboxylic acids is 1. The van der Waals surface area contributed by atoms with Crippen LogP contribution >= 0.6 is 22.9 Å². The van der Waals surface area contributed by atoms with E-state index in [1.165, 1.54) is 6.07 Å². The Bertz CT molecular complexity index is 1240. The van der Waals surface area contributed by atoms with Gasteiger partial charge in [0.25, 0.3) is 5.91 Å². The van der Waals surface area contributed by atoms with Crippen LogP contribution in [-0.4, -0.2) is 35.0 Å². The highest BCUT2D eigenvalue weighted by Crippen LogP contribution is 2.37. The number of carbonyl (C=O) groups excluding carboxylic acids is 2. The third kappa shape index (κ3) is 7.27.